The molecule has 2 aromatic rings. The van der Waals surface area contributed by atoms with Crippen molar-refractivity contribution < 1.29 is 23.3 Å². The second kappa shape index (κ2) is 10.1. The number of anilines is 1. The molecule has 1 saturated heterocycles. The lowest BCUT2D eigenvalue weighted by Crippen LogP contribution is -2.56. The van der Waals surface area contributed by atoms with Gasteiger partial charge < -0.3 is 15.1 Å². The van der Waals surface area contributed by atoms with E-state index in [0.717, 1.165) is 18.2 Å². The summed E-state index contributed by atoms with van der Waals surface area (Å²) >= 11 is 5.88. The van der Waals surface area contributed by atoms with Crippen molar-refractivity contribution in [2.75, 3.05) is 31.1 Å². The van der Waals surface area contributed by atoms with Gasteiger partial charge in [0.25, 0.3) is 11.6 Å². The number of hydrogen-bond donors (Lipinski definition) is 1. The van der Waals surface area contributed by atoms with Gasteiger partial charge in [0, 0.05) is 37.3 Å². The predicted octanol–water partition coefficient (Wildman–Crippen LogP) is 3.63. The van der Waals surface area contributed by atoms with E-state index in [2.05, 4.69) is 5.32 Å². The van der Waals surface area contributed by atoms with Gasteiger partial charge in [0.1, 0.15) is 28.9 Å². The molecule has 1 heterocycles. The monoisotopic (exact) mass is 480 g/mol. The molecule has 1 atom stereocenters. The summed E-state index contributed by atoms with van der Waals surface area (Å²) in [5.74, 6) is -3.76. The molecule has 2 amide bonds. The Morgan fingerprint density at radius 3 is 2.24 bits per heavy atom. The van der Waals surface area contributed by atoms with Crippen molar-refractivity contribution in [1.82, 2.24) is 10.2 Å². The molecule has 11 heteroatoms. The zero-order valence-electron chi connectivity index (χ0n) is 18.1. The third kappa shape index (κ3) is 5.39. The Bertz CT molecular complexity index is 1050. The number of rotatable bonds is 6. The number of halogens is 3. The van der Waals surface area contributed by atoms with Gasteiger partial charge in [-0.2, -0.15) is 0 Å². The molecule has 8 nitrogen and oxygen atoms in total. The second-order valence-corrected chi connectivity index (χ2v) is 8.43. The number of nitro groups is 1. The Morgan fingerprint density at radius 2 is 1.70 bits per heavy atom. The molecular weight excluding hydrogens is 458 g/mol. The standard InChI is InChI=1S/C22H23ClF2N4O4/c1-13(2)20(26-21(30)19-15(24)4-3-5-16(19)25)22(31)28-10-8-27(9-11-28)17-7-6-14(23)12-18(17)29(32)33/h3-7,12-13,20H,8-11H2,1-2H3,(H,26,30). The Morgan fingerprint density at radius 1 is 1.09 bits per heavy atom. The number of amides is 2. The summed E-state index contributed by atoms with van der Waals surface area (Å²) in [7, 11) is 0. The highest BCUT2D eigenvalue weighted by Crippen LogP contribution is 2.31. The smallest absolute Gasteiger partial charge is 0.294 e. The van der Waals surface area contributed by atoms with Crippen molar-refractivity contribution in [3.8, 4) is 0 Å². The van der Waals surface area contributed by atoms with E-state index in [1.165, 1.54) is 11.0 Å². The molecular formula is C22H23ClF2N4O4. The van der Waals surface area contributed by atoms with Crippen LogP contribution in [0.2, 0.25) is 5.02 Å². The van der Waals surface area contributed by atoms with Crippen molar-refractivity contribution in [2.45, 2.75) is 19.9 Å². The normalized spacial score (nSPS) is 14.8. The number of carbonyl (C=O) groups is 2. The van der Waals surface area contributed by atoms with Gasteiger partial charge in [-0.15, -0.1) is 0 Å². The zero-order valence-corrected chi connectivity index (χ0v) is 18.8. The number of benzene rings is 2. The van der Waals surface area contributed by atoms with Crippen LogP contribution < -0.4 is 10.2 Å². The lowest BCUT2D eigenvalue weighted by atomic mass is 10.0. The Labute approximate surface area is 194 Å². The number of hydrogen-bond acceptors (Lipinski definition) is 5. The quantitative estimate of drug-likeness (QED) is 0.503. The van der Waals surface area contributed by atoms with Crippen molar-refractivity contribution >= 4 is 34.8 Å². The summed E-state index contributed by atoms with van der Waals surface area (Å²) in [6.07, 6.45) is 0. The van der Waals surface area contributed by atoms with E-state index in [0.29, 0.717) is 18.8 Å². The molecule has 1 unspecified atom stereocenters. The maximum absolute atomic E-state index is 14.0. The van der Waals surface area contributed by atoms with Crippen LogP contribution in [0.3, 0.4) is 0 Å². The highest BCUT2D eigenvalue weighted by Gasteiger charge is 2.33. The summed E-state index contributed by atoms with van der Waals surface area (Å²) in [6.45, 7) is 4.60. The summed E-state index contributed by atoms with van der Waals surface area (Å²) in [5, 5.41) is 14.1. The SMILES string of the molecule is CC(C)C(NC(=O)c1c(F)cccc1F)C(=O)N1CCN(c2ccc(Cl)cc2[N+](=O)[O-])CC1. The molecule has 1 aliphatic rings. The lowest BCUT2D eigenvalue weighted by molar-refractivity contribution is -0.384. The average Bonchev–Trinajstić information content (AvgIpc) is 2.76. The molecule has 1 aliphatic heterocycles. The van der Waals surface area contributed by atoms with Gasteiger partial charge in [0.05, 0.1) is 4.92 Å². The van der Waals surface area contributed by atoms with Crippen molar-refractivity contribution in [3.05, 3.63) is 68.7 Å². The van der Waals surface area contributed by atoms with E-state index in [1.54, 1.807) is 30.9 Å². The van der Waals surface area contributed by atoms with Gasteiger partial charge in [0.2, 0.25) is 5.91 Å². The summed E-state index contributed by atoms with van der Waals surface area (Å²) in [5.41, 5.74) is -0.461. The first-order chi connectivity index (χ1) is 15.6. The first-order valence-corrected chi connectivity index (χ1v) is 10.7. The molecule has 3 rings (SSSR count). The molecule has 176 valence electrons. The zero-order chi connectivity index (χ0) is 24.3. The minimum atomic E-state index is -1.01. The predicted molar refractivity (Wildman–Crippen MR) is 119 cm³/mol. The maximum atomic E-state index is 14.0. The van der Waals surface area contributed by atoms with E-state index in [-0.39, 0.29) is 35.6 Å². The molecule has 2 aromatic carbocycles. The molecule has 0 aliphatic carbocycles. The number of nitro benzene ring substituents is 1. The largest absolute Gasteiger partial charge is 0.362 e. The Kier molecular flexibility index (Phi) is 7.47. The van der Waals surface area contributed by atoms with Crippen LogP contribution in [0.4, 0.5) is 20.2 Å². The number of carbonyl (C=O) groups excluding carboxylic acids is 2. The third-order valence-corrected chi connectivity index (χ3v) is 5.71. The maximum Gasteiger partial charge on any atom is 0.294 e. The molecule has 0 aromatic heterocycles. The van der Waals surface area contributed by atoms with E-state index in [4.69, 9.17) is 11.6 Å². The van der Waals surface area contributed by atoms with Crippen LogP contribution in [-0.2, 0) is 4.79 Å². The van der Waals surface area contributed by atoms with Crippen LogP contribution >= 0.6 is 11.6 Å². The Hall–Kier alpha value is -3.27. The van der Waals surface area contributed by atoms with Crippen LogP contribution in [0.1, 0.15) is 24.2 Å². The van der Waals surface area contributed by atoms with Crippen molar-refractivity contribution in [2.24, 2.45) is 5.92 Å². The molecule has 1 N–H and O–H groups in total. The van der Waals surface area contributed by atoms with Gasteiger partial charge in [-0.1, -0.05) is 31.5 Å². The van der Waals surface area contributed by atoms with Crippen LogP contribution in [0, 0.1) is 27.7 Å². The minimum absolute atomic E-state index is 0.124. The van der Waals surface area contributed by atoms with Gasteiger partial charge >= 0.3 is 0 Å². The molecule has 0 radical (unpaired) electrons. The number of nitrogens with zero attached hydrogens (tertiary/aromatic N) is 3. The van der Waals surface area contributed by atoms with E-state index >= 15 is 0 Å². The Balaban J connectivity index is 1.71. The summed E-state index contributed by atoms with van der Waals surface area (Å²) < 4.78 is 27.9. The average molecular weight is 481 g/mol. The molecule has 0 spiro atoms. The topological polar surface area (TPSA) is 95.8 Å². The molecule has 0 bridgehead atoms. The van der Waals surface area contributed by atoms with E-state index in [9.17, 15) is 28.5 Å². The van der Waals surface area contributed by atoms with Crippen molar-refractivity contribution in [3.63, 3.8) is 0 Å². The highest BCUT2D eigenvalue weighted by atomic mass is 35.5. The van der Waals surface area contributed by atoms with Crippen molar-refractivity contribution in [1.29, 1.82) is 0 Å². The van der Waals surface area contributed by atoms with Gasteiger partial charge in [0.15, 0.2) is 0 Å². The second-order valence-electron chi connectivity index (χ2n) is 7.99. The minimum Gasteiger partial charge on any atom is -0.362 e. The van der Waals surface area contributed by atoms with E-state index < -0.39 is 34.1 Å². The fourth-order valence-corrected chi connectivity index (χ4v) is 3.88. The molecule has 33 heavy (non-hydrogen) atoms. The highest BCUT2D eigenvalue weighted by molar-refractivity contribution is 6.30. The fraction of sp³-hybridized carbons (Fsp3) is 0.364. The van der Waals surface area contributed by atoms with Crippen LogP contribution in [0.25, 0.3) is 0 Å². The van der Waals surface area contributed by atoms with Gasteiger partial charge in [-0.3, -0.25) is 19.7 Å². The summed E-state index contributed by atoms with van der Waals surface area (Å²) in [6, 6.07) is 6.51. The summed E-state index contributed by atoms with van der Waals surface area (Å²) in [4.78, 5) is 39.8. The third-order valence-electron chi connectivity index (χ3n) is 5.48. The van der Waals surface area contributed by atoms with Gasteiger partial charge in [-0.05, 0) is 30.2 Å². The number of piperazine rings is 1. The molecule has 1 fully saturated rings. The van der Waals surface area contributed by atoms with Crippen LogP contribution in [0.15, 0.2) is 36.4 Å². The fourth-order valence-electron chi connectivity index (χ4n) is 3.72. The lowest BCUT2D eigenvalue weighted by Gasteiger charge is -2.38. The van der Waals surface area contributed by atoms with E-state index in [1.807, 2.05) is 0 Å². The van der Waals surface area contributed by atoms with Crippen LogP contribution in [0.5, 0.6) is 0 Å². The van der Waals surface area contributed by atoms with Gasteiger partial charge in [-0.25, -0.2) is 8.78 Å². The molecule has 0 saturated carbocycles. The van der Waals surface area contributed by atoms with Crippen LogP contribution in [-0.4, -0.2) is 53.9 Å². The first-order valence-electron chi connectivity index (χ1n) is 10.3. The first kappa shape index (κ1) is 24.4. The number of nitrogens with one attached hydrogen (secondary N) is 1.